The quantitative estimate of drug-likeness (QED) is 0.436. The molecule has 30 heavy (non-hydrogen) atoms. The molecule has 2 aromatic carbocycles. The minimum absolute atomic E-state index is 0.255. The summed E-state index contributed by atoms with van der Waals surface area (Å²) in [5, 5.41) is 7.19. The van der Waals surface area contributed by atoms with Gasteiger partial charge in [0.1, 0.15) is 11.6 Å². The van der Waals surface area contributed by atoms with Crippen LogP contribution >= 0.6 is 0 Å². The van der Waals surface area contributed by atoms with Gasteiger partial charge in [-0.15, -0.1) is 0 Å². The highest BCUT2D eigenvalue weighted by molar-refractivity contribution is 5.66. The Hall–Kier alpha value is -3.67. The van der Waals surface area contributed by atoms with Crippen molar-refractivity contribution in [3.8, 4) is 11.3 Å². The zero-order chi connectivity index (χ0) is 20.9. The van der Waals surface area contributed by atoms with Crippen LogP contribution in [0.3, 0.4) is 0 Å². The average molecular weight is 399 g/mol. The molecule has 2 heterocycles. The van der Waals surface area contributed by atoms with E-state index in [1.165, 1.54) is 5.56 Å². The Morgan fingerprint density at radius 3 is 2.27 bits per heavy atom. The molecule has 0 saturated heterocycles. The van der Waals surface area contributed by atoms with E-state index in [2.05, 4.69) is 53.5 Å². The number of rotatable bonds is 7. The number of aromatic nitrogens is 3. The van der Waals surface area contributed by atoms with Crippen LogP contribution in [0.15, 0.2) is 77.3 Å². The molecule has 4 aromatic rings. The highest BCUT2D eigenvalue weighted by Gasteiger charge is 2.17. The number of hydrogen-bond acceptors (Lipinski definition) is 6. The van der Waals surface area contributed by atoms with Gasteiger partial charge in [-0.05, 0) is 26.3 Å². The second-order valence-corrected chi connectivity index (χ2v) is 7.46. The van der Waals surface area contributed by atoms with Gasteiger partial charge < -0.3 is 14.7 Å². The molecule has 6 heteroatoms. The van der Waals surface area contributed by atoms with Crippen LogP contribution in [0, 0.1) is 6.92 Å². The van der Waals surface area contributed by atoms with Crippen LogP contribution in [0.1, 0.15) is 25.2 Å². The number of nitrogens with one attached hydrogen (secondary N) is 1. The van der Waals surface area contributed by atoms with Crippen molar-refractivity contribution in [2.45, 2.75) is 33.4 Å². The lowest BCUT2D eigenvalue weighted by molar-refractivity contribution is 0.400. The van der Waals surface area contributed by atoms with Gasteiger partial charge in [0.2, 0.25) is 5.95 Å². The molecule has 4 rings (SSSR count). The van der Waals surface area contributed by atoms with E-state index in [1.807, 2.05) is 55.5 Å². The lowest BCUT2D eigenvalue weighted by Gasteiger charge is -2.28. The Bertz CT molecular complexity index is 1090. The molecule has 0 spiro atoms. The molecule has 0 saturated carbocycles. The molecule has 0 unspecified atom stereocenters. The van der Waals surface area contributed by atoms with Gasteiger partial charge in [0.25, 0.3) is 0 Å². The van der Waals surface area contributed by atoms with Crippen LogP contribution in [0.25, 0.3) is 11.3 Å². The maximum absolute atomic E-state index is 5.17. The fourth-order valence-electron chi connectivity index (χ4n) is 3.24. The smallest absolute Gasteiger partial charge is 0.231 e. The third-order valence-electron chi connectivity index (χ3n) is 4.76. The molecule has 0 fully saturated rings. The van der Waals surface area contributed by atoms with Crippen molar-refractivity contribution in [3.63, 3.8) is 0 Å². The summed E-state index contributed by atoms with van der Waals surface area (Å²) in [6.07, 6.45) is 0. The van der Waals surface area contributed by atoms with E-state index in [4.69, 9.17) is 14.5 Å². The molecule has 0 atom stereocenters. The van der Waals surface area contributed by atoms with E-state index in [1.54, 1.807) is 0 Å². The normalized spacial score (nSPS) is 10.9. The molecule has 0 aliphatic rings. The Balaban J connectivity index is 1.75. The molecule has 0 radical (unpaired) electrons. The minimum Gasteiger partial charge on any atom is -0.360 e. The van der Waals surface area contributed by atoms with Gasteiger partial charge >= 0.3 is 0 Å². The summed E-state index contributed by atoms with van der Waals surface area (Å²) in [7, 11) is 0. The fraction of sp³-hybridized carbons (Fsp3) is 0.208. The zero-order valence-corrected chi connectivity index (χ0v) is 17.4. The average Bonchev–Trinajstić information content (AvgIpc) is 3.17. The van der Waals surface area contributed by atoms with Crippen molar-refractivity contribution in [2.24, 2.45) is 0 Å². The molecule has 2 aromatic heterocycles. The zero-order valence-electron chi connectivity index (χ0n) is 17.4. The number of anilines is 3. The van der Waals surface area contributed by atoms with Gasteiger partial charge in [-0.25, -0.2) is 4.98 Å². The summed E-state index contributed by atoms with van der Waals surface area (Å²) < 4.78 is 5.17. The van der Waals surface area contributed by atoms with E-state index < -0.39 is 0 Å². The molecule has 0 aliphatic carbocycles. The van der Waals surface area contributed by atoms with Crippen LogP contribution in [0.4, 0.5) is 17.6 Å². The molecule has 152 valence electrons. The maximum Gasteiger partial charge on any atom is 0.231 e. The third kappa shape index (κ3) is 4.66. The van der Waals surface area contributed by atoms with Gasteiger partial charge in [0, 0.05) is 30.3 Å². The van der Waals surface area contributed by atoms with Gasteiger partial charge in [0.05, 0.1) is 5.69 Å². The van der Waals surface area contributed by atoms with Gasteiger partial charge in [0.15, 0.2) is 5.82 Å². The van der Waals surface area contributed by atoms with Crippen molar-refractivity contribution in [1.29, 1.82) is 0 Å². The molecule has 1 N–H and O–H groups in total. The van der Waals surface area contributed by atoms with Gasteiger partial charge in [-0.3, -0.25) is 0 Å². The third-order valence-corrected chi connectivity index (χ3v) is 4.76. The standard InChI is InChI=1S/C24H25N5O/c1-17(2)29(16-19-10-6-4-7-11-19)23-15-21(20-12-8-5-9-13-20)25-24(27-23)26-22-14-18(3)30-28-22/h4-15,17H,16H2,1-3H3,(H,25,26,27,28). The molecular formula is C24H25N5O. The lowest BCUT2D eigenvalue weighted by Crippen LogP contribution is -2.31. The first-order valence-corrected chi connectivity index (χ1v) is 10.0. The summed E-state index contributed by atoms with van der Waals surface area (Å²) in [5.74, 6) is 2.65. The monoisotopic (exact) mass is 399 g/mol. The number of nitrogens with zero attached hydrogens (tertiary/aromatic N) is 4. The first kappa shape index (κ1) is 19.6. The molecule has 0 aliphatic heterocycles. The van der Waals surface area contributed by atoms with Crippen molar-refractivity contribution < 1.29 is 4.52 Å². The SMILES string of the molecule is Cc1cc(Nc2nc(-c3ccccc3)cc(N(Cc3ccccc3)C(C)C)n2)no1. The summed E-state index contributed by atoms with van der Waals surface area (Å²) in [4.78, 5) is 11.8. The molecular weight excluding hydrogens is 374 g/mol. The van der Waals surface area contributed by atoms with E-state index in [-0.39, 0.29) is 6.04 Å². The topological polar surface area (TPSA) is 67.1 Å². The van der Waals surface area contributed by atoms with Crippen molar-refractivity contribution >= 4 is 17.6 Å². The number of aryl methyl sites for hydroxylation is 1. The first-order chi connectivity index (χ1) is 14.6. The van der Waals surface area contributed by atoms with Crippen LogP contribution in [0.5, 0.6) is 0 Å². The van der Waals surface area contributed by atoms with E-state index >= 15 is 0 Å². The van der Waals surface area contributed by atoms with E-state index in [9.17, 15) is 0 Å². The maximum atomic E-state index is 5.17. The van der Waals surface area contributed by atoms with Crippen LogP contribution < -0.4 is 10.2 Å². The Labute approximate surface area is 176 Å². The Morgan fingerprint density at radius 2 is 1.63 bits per heavy atom. The number of hydrogen-bond donors (Lipinski definition) is 1. The van der Waals surface area contributed by atoms with Gasteiger partial charge in [-0.1, -0.05) is 65.8 Å². The fourth-order valence-corrected chi connectivity index (χ4v) is 3.24. The molecule has 6 nitrogen and oxygen atoms in total. The second-order valence-electron chi connectivity index (χ2n) is 7.46. The van der Waals surface area contributed by atoms with Crippen LogP contribution in [-0.4, -0.2) is 21.2 Å². The summed E-state index contributed by atoms with van der Waals surface area (Å²) in [5.41, 5.74) is 3.11. The molecule has 0 bridgehead atoms. The Morgan fingerprint density at radius 1 is 0.933 bits per heavy atom. The second kappa shape index (κ2) is 8.78. The summed E-state index contributed by atoms with van der Waals surface area (Å²) in [6.45, 7) is 6.94. The summed E-state index contributed by atoms with van der Waals surface area (Å²) in [6, 6.07) is 24.6. The number of benzene rings is 2. The van der Waals surface area contributed by atoms with E-state index in [0.29, 0.717) is 11.8 Å². The predicted molar refractivity (Wildman–Crippen MR) is 120 cm³/mol. The van der Waals surface area contributed by atoms with Crippen molar-refractivity contribution in [3.05, 3.63) is 84.1 Å². The molecule has 0 amide bonds. The largest absolute Gasteiger partial charge is 0.360 e. The van der Waals surface area contributed by atoms with E-state index in [0.717, 1.165) is 29.4 Å². The van der Waals surface area contributed by atoms with Crippen molar-refractivity contribution in [2.75, 3.05) is 10.2 Å². The first-order valence-electron chi connectivity index (χ1n) is 10.0. The lowest BCUT2D eigenvalue weighted by atomic mass is 10.1. The predicted octanol–water partition coefficient (Wildman–Crippen LogP) is 5.60. The van der Waals surface area contributed by atoms with Crippen LogP contribution in [-0.2, 0) is 6.54 Å². The van der Waals surface area contributed by atoms with Crippen molar-refractivity contribution in [1.82, 2.24) is 15.1 Å². The van der Waals surface area contributed by atoms with Gasteiger partial charge in [-0.2, -0.15) is 4.98 Å². The highest BCUT2D eigenvalue weighted by atomic mass is 16.5. The minimum atomic E-state index is 0.255. The Kier molecular flexibility index (Phi) is 5.75. The van der Waals surface area contributed by atoms with Crippen LogP contribution in [0.2, 0.25) is 0 Å². The summed E-state index contributed by atoms with van der Waals surface area (Å²) >= 11 is 0. The highest BCUT2D eigenvalue weighted by Crippen LogP contribution is 2.27.